The van der Waals surface area contributed by atoms with Crippen molar-refractivity contribution in [1.29, 1.82) is 0 Å². The Balaban J connectivity index is 2.54. The van der Waals surface area contributed by atoms with E-state index in [9.17, 15) is 13.0 Å². The molecule has 1 aromatic carbocycles. The number of nitrogens with one attached hydrogen (secondary N) is 1. The first-order valence-corrected chi connectivity index (χ1v) is 8.31. The van der Waals surface area contributed by atoms with E-state index in [4.69, 9.17) is 0 Å². The van der Waals surface area contributed by atoms with E-state index in [2.05, 4.69) is 18.6 Å². The third-order valence-electron chi connectivity index (χ3n) is 3.23. The van der Waals surface area contributed by atoms with Crippen LogP contribution in [0.15, 0.2) is 21.9 Å². The first kappa shape index (κ1) is 13.7. The molecule has 1 heterocycles. The molecule has 1 aliphatic rings. The lowest BCUT2D eigenvalue weighted by Crippen LogP contribution is -2.04. The van der Waals surface area contributed by atoms with Gasteiger partial charge in [-0.3, -0.25) is 4.55 Å². The molecule has 4 nitrogen and oxygen atoms in total. The van der Waals surface area contributed by atoms with Gasteiger partial charge in [0.1, 0.15) is 4.90 Å². The van der Waals surface area contributed by atoms with E-state index in [0.717, 1.165) is 24.8 Å². The summed E-state index contributed by atoms with van der Waals surface area (Å²) >= 11 is 1.28. The average molecular weight is 287 g/mol. The Morgan fingerprint density at radius 2 is 2.11 bits per heavy atom. The molecule has 1 unspecified atom stereocenters. The third-order valence-corrected chi connectivity index (χ3v) is 5.27. The van der Waals surface area contributed by atoms with E-state index in [1.54, 1.807) is 6.07 Å². The van der Waals surface area contributed by atoms with Gasteiger partial charge in [-0.2, -0.15) is 8.42 Å². The highest BCUT2D eigenvalue weighted by Gasteiger charge is 2.30. The second-order valence-corrected chi connectivity index (χ2v) is 6.61. The first-order chi connectivity index (χ1) is 8.49. The summed E-state index contributed by atoms with van der Waals surface area (Å²) in [6.07, 6.45) is 3.04. The second kappa shape index (κ2) is 5.11. The molecular weight excluding hydrogens is 270 g/mol. The number of fused-ring (bicyclic) bond motifs is 2. The molecule has 0 fully saturated rings. The fourth-order valence-corrected chi connectivity index (χ4v) is 4.57. The smallest absolute Gasteiger partial charge is 0.297 e. The van der Waals surface area contributed by atoms with Crippen molar-refractivity contribution in [2.24, 2.45) is 0 Å². The minimum Gasteiger partial charge on any atom is -0.324 e. The lowest BCUT2D eigenvalue weighted by atomic mass is 9.92. The Hall–Kier alpha value is -0.720. The second-order valence-electron chi connectivity index (χ2n) is 4.43. The molecule has 1 atom stereocenters. The normalized spacial score (nSPS) is 15.5. The minimum absolute atomic E-state index is 0.0413. The summed E-state index contributed by atoms with van der Waals surface area (Å²) in [5.74, 6) is 0.340. The van der Waals surface area contributed by atoms with Crippen molar-refractivity contribution in [2.45, 2.75) is 48.8 Å². The van der Waals surface area contributed by atoms with Crippen LogP contribution in [0, 0.1) is 0 Å². The summed E-state index contributed by atoms with van der Waals surface area (Å²) in [5, 5.41) is 0. The molecule has 0 spiro atoms. The van der Waals surface area contributed by atoms with Crippen molar-refractivity contribution in [3.63, 3.8) is 0 Å². The topological polar surface area (TPSA) is 66.4 Å². The lowest BCUT2D eigenvalue weighted by molar-refractivity contribution is 0.481. The predicted molar refractivity (Wildman–Crippen MR) is 73.7 cm³/mol. The molecular formula is C12H17NO3S2. The molecule has 0 aromatic heterocycles. The van der Waals surface area contributed by atoms with Crippen LogP contribution in [0.25, 0.3) is 0 Å². The third kappa shape index (κ3) is 2.37. The maximum Gasteiger partial charge on any atom is 0.297 e. The predicted octanol–water partition coefficient (Wildman–Crippen LogP) is 3.66. The molecule has 0 saturated carbocycles. The Morgan fingerprint density at radius 3 is 2.67 bits per heavy atom. The van der Waals surface area contributed by atoms with Crippen LogP contribution in [0.3, 0.4) is 0 Å². The summed E-state index contributed by atoms with van der Waals surface area (Å²) in [6, 6.07) is 3.70. The summed E-state index contributed by atoms with van der Waals surface area (Å²) in [5.41, 5.74) is 1.50. The van der Waals surface area contributed by atoms with Crippen LogP contribution >= 0.6 is 11.9 Å². The standard InChI is InChI=1S/C12H17NO3S2/c1-3-5-8(4-2)9-6-7-10-12(18(14,15)16)11(9)17-13-10/h6-8,13H,3-5H2,1-2H3,(H,14,15,16). The van der Waals surface area contributed by atoms with Crippen molar-refractivity contribution in [3.8, 4) is 0 Å². The van der Waals surface area contributed by atoms with Gasteiger partial charge in [0.2, 0.25) is 0 Å². The Bertz CT molecular complexity index is 555. The molecule has 1 aliphatic heterocycles. The van der Waals surface area contributed by atoms with E-state index >= 15 is 0 Å². The van der Waals surface area contributed by atoms with Crippen molar-refractivity contribution in [1.82, 2.24) is 0 Å². The highest BCUT2D eigenvalue weighted by molar-refractivity contribution is 8.01. The van der Waals surface area contributed by atoms with Gasteiger partial charge in [0.15, 0.2) is 0 Å². The number of rotatable bonds is 5. The van der Waals surface area contributed by atoms with E-state index in [1.165, 1.54) is 11.9 Å². The van der Waals surface area contributed by atoms with E-state index in [0.29, 0.717) is 16.5 Å². The van der Waals surface area contributed by atoms with Crippen LogP contribution in [0.2, 0.25) is 0 Å². The minimum atomic E-state index is -4.16. The Labute approximate surface area is 112 Å². The van der Waals surface area contributed by atoms with Crippen LogP contribution in [0.1, 0.15) is 44.6 Å². The lowest BCUT2D eigenvalue weighted by Gasteiger charge is -2.16. The van der Waals surface area contributed by atoms with Gasteiger partial charge in [0, 0.05) is 0 Å². The molecule has 2 bridgehead atoms. The van der Waals surface area contributed by atoms with Gasteiger partial charge in [-0.05, 0) is 42.3 Å². The SMILES string of the molecule is CCCC(CC)c1ccc2c(S(=O)(=O)O)c1SN2. The fraction of sp³-hybridized carbons (Fsp3) is 0.500. The van der Waals surface area contributed by atoms with Crippen LogP contribution in [0.4, 0.5) is 5.69 Å². The van der Waals surface area contributed by atoms with Gasteiger partial charge in [0.05, 0.1) is 10.6 Å². The van der Waals surface area contributed by atoms with E-state index < -0.39 is 10.1 Å². The van der Waals surface area contributed by atoms with Crippen molar-refractivity contribution < 1.29 is 13.0 Å². The van der Waals surface area contributed by atoms with E-state index in [1.807, 2.05) is 6.07 Å². The summed E-state index contributed by atoms with van der Waals surface area (Å²) < 4.78 is 35.1. The van der Waals surface area contributed by atoms with Crippen molar-refractivity contribution in [2.75, 3.05) is 4.72 Å². The van der Waals surface area contributed by atoms with Gasteiger partial charge in [-0.1, -0.05) is 26.3 Å². The monoisotopic (exact) mass is 287 g/mol. The molecule has 2 N–H and O–H groups in total. The highest BCUT2D eigenvalue weighted by Crippen LogP contribution is 2.46. The zero-order valence-corrected chi connectivity index (χ0v) is 12.1. The van der Waals surface area contributed by atoms with Crippen LogP contribution in [-0.4, -0.2) is 13.0 Å². The van der Waals surface area contributed by atoms with Gasteiger partial charge >= 0.3 is 0 Å². The number of anilines is 1. The zero-order chi connectivity index (χ0) is 13.3. The molecule has 100 valence electrons. The van der Waals surface area contributed by atoms with E-state index in [-0.39, 0.29) is 4.90 Å². The average Bonchev–Trinajstić information content (AvgIpc) is 2.63. The molecule has 0 amide bonds. The summed E-state index contributed by atoms with van der Waals surface area (Å²) in [6.45, 7) is 4.21. The summed E-state index contributed by atoms with van der Waals surface area (Å²) in [4.78, 5) is 0.704. The molecule has 0 saturated heterocycles. The molecule has 0 radical (unpaired) electrons. The van der Waals surface area contributed by atoms with Gasteiger partial charge in [-0.25, -0.2) is 0 Å². The van der Waals surface area contributed by atoms with Gasteiger partial charge in [0.25, 0.3) is 10.1 Å². The zero-order valence-electron chi connectivity index (χ0n) is 10.4. The molecule has 1 aromatic rings. The number of hydrogen-bond donors (Lipinski definition) is 2. The summed E-state index contributed by atoms with van der Waals surface area (Å²) in [7, 11) is -4.16. The molecule has 18 heavy (non-hydrogen) atoms. The maximum absolute atomic E-state index is 11.4. The maximum atomic E-state index is 11.4. The van der Waals surface area contributed by atoms with Crippen molar-refractivity contribution in [3.05, 3.63) is 17.7 Å². The largest absolute Gasteiger partial charge is 0.324 e. The first-order valence-electron chi connectivity index (χ1n) is 6.06. The number of hydrogen-bond acceptors (Lipinski definition) is 4. The van der Waals surface area contributed by atoms with Crippen LogP contribution in [-0.2, 0) is 10.1 Å². The van der Waals surface area contributed by atoms with Crippen molar-refractivity contribution >= 4 is 27.8 Å². The highest BCUT2D eigenvalue weighted by atomic mass is 32.2. The molecule has 2 rings (SSSR count). The van der Waals surface area contributed by atoms with Gasteiger partial charge < -0.3 is 4.72 Å². The van der Waals surface area contributed by atoms with Crippen LogP contribution < -0.4 is 4.72 Å². The van der Waals surface area contributed by atoms with Crippen LogP contribution in [0.5, 0.6) is 0 Å². The molecule has 0 aliphatic carbocycles. The Kier molecular flexibility index (Phi) is 3.89. The van der Waals surface area contributed by atoms with Gasteiger partial charge in [-0.15, -0.1) is 0 Å². The quantitative estimate of drug-likeness (QED) is 0.639. The Morgan fingerprint density at radius 1 is 1.39 bits per heavy atom. The molecule has 6 heteroatoms. The number of benzene rings is 1. The fourth-order valence-electron chi connectivity index (χ4n) is 2.38.